The Morgan fingerprint density at radius 3 is 2.73 bits per heavy atom. The van der Waals surface area contributed by atoms with Gasteiger partial charge in [0.15, 0.2) is 0 Å². The second-order valence-corrected chi connectivity index (χ2v) is 8.82. The Morgan fingerprint density at radius 2 is 2.12 bits per heavy atom. The summed E-state index contributed by atoms with van der Waals surface area (Å²) >= 11 is 1.77. The molecule has 13 heteroatoms. The van der Waals surface area contributed by atoms with E-state index in [2.05, 4.69) is 14.0 Å². The normalized spacial score (nSPS) is 23.2. The number of carbonyl (C=O) groups excluding carboxylic acids is 1. The largest absolute Gasteiger partial charge is 0.462 e. The van der Waals surface area contributed by atoms with Gasteiger partial charge in [-0.2, -0.15) is 0 Å². The highest BCUT2D eigenvalue weighted by Gasteiger charge is 2.37. The predicted molar refractivity (Wildman–Crippen MR) is 96.0 cm³/mol. The highest BCUT2D eigenvalue weighted by atomic mass is 127. The number of nitrogens with zero attached hydrogens (tertiary/aromatic N) is 1. The van der Waals surface area contributed by atoms with Gasteiger partial charge in [-0.25, -0.2) is 4.79 Å². The van der Waals surface area contributed by atoms with Crippen molar-refractivity contribution in [2.24, 2.45) is 0 Å². The SMILES string of the molecule is COP(=O)(CC(=O)OC[C@H]1O[C@@H](n2cc(I)c(=O)[nH]c2=O)C[C@@H]1O)OC. The van der Waals surface area contributed by atoms with Crippen LogP contribution in [0.4, 0.5) is 0 Å². The van der Waals surface area contributed by atoms with E-state index >= 15 is 0 Å². The van der Waals surface area contributed by atoms with Gasteiger partial charge in [0.05, 0.1) is 9.67 Å². The standard InChI is InChI=1S/C13H18IN2O9P/c1-22-26(21,23-2)6-11(18)24-5-9-8(17)3-10(25-9)16-4-7(14)12(19)15-13(16)20/h4,8-10,17H,3,5-6H2,1-2H3,(H,15,19,20)/t8-,9+,10+/m0/s1. The molecule has 3 atom stereocenters. The zero-order valence-corrected chi connectivity index (χ0v) is 17.0. The van der Waals surface area contributed by atoms with Gasteiger partial charge in [0.25, 0.3) is 5.56 Å². The molecule has 0 unspecified atom stereocenters. The van der Waals surface area contributed by atoms with Gasteiger partial charge in [-0.1, -0.05) is 0 Å². The molecule has 2 heterocycles. The molecule has 0 aliphatic carbocycles. The van der Waals surface area contributed by atoms with Crippen LogP contribution in [0.15, 0.2) is 15.8 Å². The van der Waals surface area contributed by atoms with Crippen LogP contribution in [-0.4, -0.2) is 59.8 Å². The van der Waals surface area contributed by atoms with Crippen molar-refractivity contribution in [2.45, 2.75) is 24.9 Å². The van der Waals surface area contributed by atoms with E-state index < -0.39 is 49.4 Å². The first-order valence-electron chi connectivity index (χ1n) is 7.39. The predicted octanol–water partition coefficient (Wildman–Crippen LogP) is -0.181. The van der Waals surface area contributed by atoms with Crippen molar-refractivity contribution in [3.63, 3.8) is 0 Å². The number of hydrogen-bond acceptors (Lipinski definition) is 9. The second kappa shape index (κ2) is 8.76. The van der Waals surface area contributed by atoms with Gasteiger partial charge >= 0.3 is 19.3 Å². The first-order valence-corrected chi connectivity index (χ1v) is 10.2. The fourth-order valence-electron chi connectivity index (χ4n) is 2.29. The topological polar surface area (TPSA) is 146 Å². The molecule has 1 aromatic heterocycles. The lowest BCUT2D eigenvalue weighted by Gasteiger charge is -2.17. The van der Waals surface area contributed by atoms with Crippen LogP contribution in [0.1, 0.15) is 12.6 Å². The maximum atomic E-state index is 11.9. The summed E-state index contributed by atoms with van der Waals surface area (Å²) in [6.45, 7) is -0.306. The third-order valence-electron chi connectivity index (χ3n) is 3.73. The van der Waals surface area contributed by atoms with Crippen LogP contribution in [0.3, 0.4) is 0 Å². The van der Waals surface area contributed by atoms with Gasteiger partial charge in [0, 0.05) is 26.8 Å². The van der Waals surface area contributed by atoms with E-state index in [1.54, 1.807) is 22.6 Å². The fraction of sp³-hybridized carbons (Fsp3) is 0.615. The molecule has 0 bridgehead atoms. The lowest BCUT2D eigenvalue weighted by molar-refractivity contribution is -0.147. The van der Waals surface area contributed by atoms with E-state index in [0.29, 0.717) is 0 Å². The summed E-state index contributed by atoms with van der Waals surface area (Å²) < 4.78 is 33.1. The number of hydrogen-bond donors (Lipinski definition) is 2. The van der Waals surface area contributed by atoms with Crippen LogP contribution in [0.2, 0.25) is 0 Å². The van der Waals surface area contributed by atoms with Crippen LogP contribution in [0.25, 0.3) is 0 Å². The molecule has 1 aromatic rings. The second-order valence-electron chi connectivity index (χ2n) is 5.39. The molecule has 2 N–H and O–H groups in total. The Kier molecular flexibility index (Phi) is 7.16. The van der Waals surface area contributed by atoms with Crippen molar-refractivity contribution >= 4 is 36.2 Å². The number of halogens is 1. The lowest BCUT2D eigenvalue weighted by atomic mass is 10.2. The number of carbonyl (C=O) groups is 1. The summed E-state index contributed by atoms with van der Waals surface area (Å²) in [5, 5.41) is 10.1. The van der Waals surface area contributed by atoms with Crippen molar-refractivity contribution in [3.8, 4) is 0 Å². The highest BCUT2D eigenvalue weighted by molar-refractivity contribution is 14.1. The number of esters is 1. The molecule has 0 radical (unpaired) electrons. The summed E-state index contributed by atoms with van der Waals surface area (Å²) in [5.74, 6) is -0.841. The number of aliphatic hydroxyl groups is 1. The molecule has 0 amide bonds. The first-order chi connectivity index (χ1) is 12.2. The molecule has 1 aliphatic rings. The van der Waals surface area contributed by atoms with Crippen molar-refractivity contribution in [1.82, 2.24) is 9.55 Å². The minimum Gasteiger partial charge on any atom is -0.462 e. The monoisotopic (exact) mass is 504 g/mol. The number of aliphatic hydroxyl groups excluding tert-OH is 1. The summed E-state index contributed by atoms with van der Waals surface area (Å²) in [6.07, 6.45) is -1.90. The summed E-state index contributed by atoms with van der Waals surface area (Å²) in [5.41, 5.74) is -1.19. The van der Waals surface area contributed by atoms with Gasteiger partial charge in [-0.15, -0.1) is 0 Å². The number of aromatic amines is 1. The van der Waals surface area contributed by atoms with Crippen molar-refractivity contribution in [3.05, 3.63) is 30.6 Å². The first kappa shape index (κ1) is 21.3. The fourth-order valence-corrected chi connectivity index (χ4v) is 3.54. The third-order valence-corrected chi connectivity index (χ3v) is 6.25. The van der Waals surface area contributed by atoms with Crippen LogP contribution >= 0.6 is 30.2 Å². The average Bonchev–Trinajstić information content (AvgIpc) is 2.96. The van der Waals surface area contributed by atoms with Crippen LogP contribution < -0.4 is 11.2 Å². The third kappa shape index (κ3) is 5.02. The number of aromatic nitrogens is 2. The number of rotatable bonds is 7. The van der Waals surface area contributed by atoms with Crippen LogP contribution in [0.5, 0.6) is 0 Å². The zero-order valence-electron chi connectivity index (χ0n) is 13.9. The van der Waals surface area contributed by atoms with Crippen LogP contribution in [-0.2, 0) is 27.9 Å². The van der Waals surface area contributed by atoms with Gasteiger partial charge in [0.1, 0.15) is 25.1 Å². The van der Waals surface area contributed by atoms with Gasteiger partial charge in [0.2, 0.25) is 0 Å². The van der Waals surface area contributed by atoms with Crippen LogP contribution in [0, 0.1) is 3.57 Å². The van der Waals surface area contributed by atoms with Crippen molar-refractivity contribution < 1.29 is 33.0 Å². The van der Waals surface area contributed by atoms with Gasteiger partial charge in [-0.3, -0.25) is 23.7 Å². The Morgan fingerprint density at radius 1 is 1.46 bits per heavy atom. The minimum atomic E-state index is -3.55. The average molecular weight is 504 g/mol. The quantitative estimate of drug-likeness (QED) is 0.293. The molecule has 11 nitrogen and oxygen atoms in total. The molecule has 146 valence electrons. The smallest absolute Gasteiger partial charge is 0.341 e. The van der Waals surface area contributed by atoms with Crippen molar-refractivity contribution in [2.75, 3.05) is 27.0 Å². The minimum absolute atomic E-state index is 0.0683. The molecular weight excluding hydrogens is 486 g/mol. The summed E-state index contributed by atoms with van der Waals surface area (Å²) in [4.78, 5) is 37.2. The molecule has 1 fully saturated rings. The number of nitrogens with one attached hydrogen (secondary N) is 1. The van der Waals surface area contributed by atoms with E-state index in [-0.39, 0.29) is 16.6 Å². The molecule has 1 saturated heterocycles. The number of H-pyrrole nitrogens is 1. The lowest BCUT2D eigenvalue weighted by Crippen LogP contribution is -2.33. The highest BCUT2D eigenvalue weighted by Crippen LogP contribution is 2.46. The molecule has 0 aromatic carbocycles. The summed E-state index contributed by atoms with van der Waals surface area (Å²) in [7, 11) is -1.25. The van der Waals surface area contributed by atoms with E-state index in [0.717, 1.165) is 18.8 Å². The molecule has 1 aliphatic heterocycles. The zero-order chi connectivity index (χ0) is 19.5. The van der Waals surface area contributed by atoms with E-state index in [9.17, 15) is 24.1 Å². The Balaban J connectivity index is 1.98. The molecular formula is C13H18IN2O9P. The Hall–Kier alpha value is -1.05. The molecule has 0 saturated carbocycles. The van der Waals surface area contributed by atoms with Gasteiger partial charge in [-0.05, 0) is 22.6 Å². The summed E-state index contributed by atoms with van der Waals surface area (Å²) in [6, 6.07) is 0. The molecule has 0 spiro atoms. The molecule has 26 heavy (non-hydrogen) atoms. The molecule has 2 rings (SSSR count). The Bertz CT molecular complexity index is 815. The van der Waals surface area contributed by atoms with Crippen molar-refractivity contribution in [1.29, 1.82) is 0 Å². The van der Waals surface area contributed by atoms with E-state index in [1.165, 1.54) is 6.20 Å². The number of ether oxygens (including phenoxy) is 2. The maximum absolute atomic E-state index is 11.9. The van der Waals surface area contributed by atoms with E-state index in [1.807, 2.05) is 0 Å². The Labute approximate surface area is 161 Å². The maximum Gasteiger partial charge on any atom is 0.341 e. The van der Waals surface area contributed by atoms with Gasteiger partial charge < -0.3 is 23.6 Å². The van der Waals surface area contributed by atoms with E-state index in [4.69, 9.17) is 9.47 Å².